The molecule has 22 heavy (non-hydrogen) atoms. The van der Waals surface area contributed by atoms with Crippen molar-refractivity contribution in [1.29, 1.82) is 0 Å². The first-order chi connectivity index (χ1) is 10.8. The molecule has 1 fully saturated rings. The topological polar surface area (TPSA) is 35.5 Å². The first-order valence-corrected chi connectivity index (χ1v) is 8.74. The molecule has 1 atom stereocenters. The number of hydrogen-bond acceptors (Lipinski definition) is 3. The summed E-state index contributed by atoms with van der Waals surface area (Å²) in [5, 5.41) is 0. The second kappa shape index (κ2) is 7.56. The highest BCUT2D eigenvalue weighted by Crippen LogP contribution is 2.30. The summed E-state index contributed by atoms with van der Waals surface area (Å²) in [6.45, 7) is 0. The molecule has 0 saturated heterocycles. The van der Waals surface area contributed by atoms with E-state index in [1.807, 2.05) is 54.6 Å². The van der Waals surface area contributed by atoms with Crippen LogP contribution in [0.4, 0.5) is 0 Å². The van der Waals surface area contributed by atoms with Gasteiger partial charge in [-0.2, -0.15) is 4.21 Å². The third-order valence-corrected chi connectivity index (χ3v) is 4.64. The van der Waals surface area contributed by atoms with Crippen LogP contribution in [0, 0.1) is 0 Å². The molecule has 1 saturated carbocycles. The summed E-state index contributed by atoms with van der Waals surface area (Å²) in [4.78, 5) is 0. The van der Waals surface area contributed by atoms with Crippen LogP contribution in [0.2, 0.25) is 0 Å². The standard InChI is InChI=1S/C18H20O3S/c19-22(20-16-11-5-2-6-12-16)21-18-14-8-7-13-17(18)15-9-3-1-4-10-15/h1,3-4,7-10,13-14,16H,2,5-6,11-12H2. The Kier molecular flexibility index (Phi) is 5.24. The molecule has 1 aliphatic carbocycles. The monoisotopic (exact) mass is 316 g/mol. The first-order valence-electron chi connectivity index (χ1n) is 7.74. The summed E-state index contributed by atoms with van der Waals surface area (Å²) in [7, 11) is 0. The Bertz CT molecular complexity index is 621. The summed E-state index contributed by atoms with van der Waals surface area (Å²) in [6.07, 6.45) is 5.51. The molecule has 0 aromatic heterocycles. The number of para-hydroxylation sites is 1. The fraction of sp³-hybridized carbons (Fsp3) is 0.333. The van der Waals surface area contributed by atoms with Crippen LogP contribution in [0.15, 0.2) is 54.6 Å². The molecule has 4 heteroatoms. The van der Waals surface area contributed by atoms with Crippen molar-refractivity contribution in [3.63, 3.8) is 0 Å². The predicted octanol–water partition coefficient (Wildman–Crippen LogP) is 4.66. The lowest BCUT2D eigenvalue weighted by atomic mass is 9.98. The maximum absolute atomic E-state index is 12.1. The van der Waals surface area contributed by atoms with Crippen molar-refractivity contribution in [3.8, 4) is 16.9 Å². The normalized spacial score (nSPS) is 17.1. The molecule has 0 heterocycles. The quantitative estimate of drug-likeness (QED) is 0.805. The van der Waals surface area contributed by atoms with E-state index in [2.05, 4.69) is 0 Å². The Balaban J connectivity index is 1.71. The minimum absolute atomic E-state index is 0.0541. The average molecular weight is 316 g/mol. The zero-order valence-corrected chi connectivity index (χ0v) is 13.3. The van der Waals surface area contributed by atoms with Gasteiger partial charge < -0.3 is 4.18 Å². The first kappa shape index (κ1) is 15.3. The molecule has 0 aliphatic heterocycles. The maximum Gasteiger partial charge on any atom is 0.360 e. The van der Waals surface area contributed by atoms with Crippen LogP contribution in [-0.4, -0.2) is 10.3 Å². The van der Waals surface area contributed by atoms with E-state index in [0.717, 1.165) is 36.8 Å². The highest BCUT2D eigenvalue weighted by molar-refractivity contribution is 7.75. The third kappa shape index (κ3) is 3.96. The largest absolute Gasteiger partial charge is 0.379 e. The fourth-order valence-corrected chi connectivity index (χ4v) is 3.51. The van der Waals surface area contributed by atoms with E-state index in [0.29, 0.717) is 5.75 Å². The Labute approximate surface area is 134 Å². The third-order valence-electron chi connectivity index (χ3n) is 3.90. The van der Waals surface area contributed by atoms with E-state index in [1.165, 1.54) is 6.42 Å². The van der Waals surface area contributed by atoms with Crippen LogP contribution in [0.1, 0.15) is 32.1 Å². The molecule has 3 nitrogen and oxygen atoms in total. The molecule has 0 radical (unpaired) electrons. The zero-order valence-electron chi connectivity index (χ0n) is 12.4. The van der Waals surface area contributed by atoms with Crippen molar-refractivity contribution in [2.45, 2.75) is 38.2 Å². The predicted molar refractivity (Wildman–Crippen MR) is 88.6 cm³/mol. The molecule has 0 bridgehead atoms. The minimum atomic E-state index is -1.75. The number of rotatable bonds is 5. The second-order valence-electron chi connectivity index (χ2n) is 5.51. The lowest BCUT2D eigenvalue weighted by molar-refractivity contribution is 0.160. The molecule has 0 amide bonds. The van der Waals surface area contributed by atoms with Gasteiger partial charge in [-0.25, -0.2) is 0 Å². The van der Waals surface area contributed by atoms with Crippen molar-refractivity contribution in [1.82, 2.24) is 0 Å². The molecule has 1 aliphatic rings. The molecule has 0 spiro atoms. The molecule has 3 rings (SSSR count). The SMILES string of the molecule is O=S(Oc1ccccc1-c1ccccc1)OC1CCCCC1. The van der Waals surface area contributed by atoms with E-state index in [9.17, 15) is 4.21 Å². The molecule has 2 aromatic carbocycles. The van der Waals surface area contributed by atoms with Gasteiger partial charge in [-0.05, 0) is 24.5 Å². The van der Waals surface area contributed by atoms with Gasteiger partial charge in [-0.3, -0.25) is 4.18 Å². The molecule has 1 unspecified atom stereocenters. The maximum atomic E-state index is 12.1. The van der Waals surface area contributed by atoms with Gasteiger partial charge in [-0.15, -0.1) is 0 Å². The summed E-state index contributed by atoms with van der Waals surface area (Å²) in [5.74, 6) is 0.586. The van der Waals surface area contributed by atoms with E-state index >= 15 is 0 Å². The molecular formula is C18H20O3S. The highest BCUT2D eigenvalue weighted by Gasteiger charge is 2.19. The summed E-state index contributed by atoms with van der Waals surface area (Å²) >= 11 is -1.75. The molecular weight excluding hydrogens is 296 g/mol. The van der Waals surface area contributed by atoms with Crippen molar-refractivity contribution in [2.24, 2.45) is 0 Å². The van der Waals surface area contributed by atoms with Gasteiger partial charge in [-0.1, -0.05) is 67.8 Å². The van der Waals surface area contributed by atoms with Gasteiger partial charge in [0.05, 0.1) is 6.10 Å². The van der Waals surface area contributed by atoms with Crippen LogP contribution < -0.4 is 4.18 Å². The molecule has 0 N–H and O–H groups in total. The van der Waals surface area contributed by atoms with E-state index < -0.39 is 11.4 Å². The van der Waals surface area contributed by atoms with Crippen LogP contribution in [0.25, 0.3) is 11.1 Å². The van der Waals surface area contributed by atoms with E-state index in [-0.39, 0.29) is 6.10 Å². The van der Waals surface area contributed by atoms with Gasteiger partial charge in [0.25, 0.3) is 0 Å². The summed E-state index contributed by atoms with van der Waals surface area (Å²) in [5.41, 5.74) is 1.96. The Morgan fingerprint density at radius 1 is 0.864 bits per heavy atom. The summed E-state index contributed by atoms with van der Waals surface area (Å²) < 4.78 is 23.2. The second-order valence-corrected chi connectivity index (χ2v) is 6.27. The zero-order chi connectivity index (χ0) is 15.2. The van der Waals surface area contributed by atoms with Crippen molar-refractivity contribution in [2.75, 3.05) is 0 Å². The lowest BCUT2D eigenvalue weighted by Crippen LogP contribution is -2.20. The van der Waals surface area contributed by atoms with Gasteiger partial charge in [0, 0.05) is 5.56 Å². The van der Waals surface area contributed by atoms with Crippen molar-refractivity contribution in [3.05, 3.63) is 54.6 Å². The fourth-order valence-electron chi connectivity index (χ4n) is 2.76. The highest BCUT2D eigenvalue weighted by atomic mass is 32.2. The van der Waals surface area contributed by atoms with Gasteiger partial charge in [0.2, 0.25) is 0 Å². The Hall–Kier alpha value is -1.65. The summed E-state index contributed by atoms with van der Waals surface area (Å²) in [6, 6.07) is 17.5. The lowest BCUT2D eigenvalue weighted by Gasteiger charge is -2.20. The number of hydrogen-bond donors (Lipinski definition) is 0. The molecule has 2 aromatic rings. The Morgan fingerprint density at radius 2 is 1.55 bits per heavy atom. The van der Waals surface area contributed by atoms with Crippen molar-refractivity contribution >= 4 is 11.4 Å². The van der Waals surface area contributed by atoms with Crippen LogP contribution in [-0.2, 0) is 15.5 Å². The van der Waals surface area contributed by atoms with Crippen LogP contribution >= 0.6 is 0 Å². The average Bonchev–Trinajstić information content (AvgIpc) is 2.57. The molecule has 116 valence electrons. The van der Waals surface area contributed by atoms with Gasteiger partial charge >= 0.3 is 11.4 Å². The minimum Gasteiger partial charge on any atom is -0.379 e. The van der Waals surface area contributed by atoms with Gasteiger partial charge in [0.15, 0.2) is 0 Å². The van der Waals surface area contributed by atoms with E-state index in [4.69, 9.17) is 8.37 Å². The van der Waals surface area contributed by atoms with Crippen LogP contribution in [0.3, 0.4) is 0 Å². The smallest absolute Gasteiger partial charge is 0.360 e. The van der Waals surface area contributed by atoms with Crippen molar-refractivity contribution < 1.29 is 12.6 Å². The van der Waals surface area contributed by atoms with Crippen LogP contribution in [0.5, 0.6) is 5.75 Å². The Morgan fingerprint density at radius 3 is 2.32 bits per heavy atom. The number of benzene rings is 2. The van der Waals surface area contributed by atoms with E-state index in [1.54, 1.807) is 0 Å². The van der Waals surface area contributed by atoms with Gasteiger partial charge in [0.1, 0.15) is 5.75 Å².